The Morgan fingerprint density at radius 1 is 0.423 bits per heavy atom. The molecule has 3 atom stereocenters. The van der Waals surface area contributed by atoms with Gasteiger partial charge in [-0.15, -0.1) is 0 Å². The van der Waals surface area contributed by atoms with E-state index in [0.717, 1.165) is 169 Å². The molecule has 12 aromatic rings. The van der Waals surface area contributed by atoms with Crippen LogP contribution in [0.2, 0.25) is 10.0 Å². The molecule has 23 nitrogen and oxygen atoms in total. The van der Waals surface area contributed by atoms with Crippen molar-refractivity contribution < 1.29 is 13.2 Å². The number of aromatic nitrogens is 13. The molecule has 6 aliphatic rings. The van der Waals surface area contributed by atoms with E-state index in [4.69, 9.17) is 73.3 Å². The second kappa shape index (κ2) is 27.4. The molecule has 0 bridgehead atoms. The summed E-state index contributed by atoms with van der Waals surface area (Å²) >= 11 is 16.5. The number of pyridine rings is 4. The quantitative estimate of drug-likeness (QED) is 0.0706. The largest absolute Gasteiger partial charge is 0.434 e. The molecule has 3 fully saturated rings. The van der Waals surface area contributed by atoms with E-state index in [1.165, 1.54) is 63.5 Å². The molecule has 2 aromatic carbocycles. The number of aryl methyl sites for hydroxylation is 1. The van der Waals surface area contributed by atoms with E-state index < -0.39 is 11.9 Å². The first-order valence-electron chi connectivity index (χ1n) is 34.3. The smallest absolute Gasteiger partial charge is 0.383 e. The van der Waals surface area contributed by atoms with E-state index in [1.807, 2.05) is 60.4 Å². The summed E-state index contributed by atoms with van der Waals surface area (Å²) in [4.78, 5) is 54.7. The van der Waals surface area contributed by atoms with Crippen LogP contribution in [-0.2, 0) is 25.4 Å². The van der Waals surface area contributed by atoms with Crippen LogP contribution in [0.5, 0.6) is 0 Å². The Kier molecular flexibility index (Phi) is 18.2. The molecule has 14 N–H and O–H groups in total. The van der Waals surface area contributed by atoms with Crippen molar-refractivity contribution in [2.45, 2.75) is 118 Å². The first kappa shape index (κ1) is 69.2. The Labute approximate surface area is 619 Å². The van der Waals surface area contributed by atoms with Crippen LogP contribution in [0.3, 0.4) is 0 Å². The third kappa shape index (κ3) is 12.3. The molecule has 104 heavy (non-hydrogen) atoms. The molecule has 3 spiro atoms. The maximum absolute atomic E-state index is 13.5. The number of benzene rings is 2. The third-order valence-corrected chi connectivity index (χ3v) is 26.4. The average Bonchev–Trinajstić information content (AvgIpc) is 1.47. The van der Waals surface area contributed by atoms with Crippen LogP contribution in [0.25, 0.3) is 16.9 Å². The Morgan fingerprint density at radius 2 is 0.817 bits per heavy atom. The minimum absolute atomic E-state index is 0.00299. The molecule has 0 saturated carbocycles. The number of piperidine rings is 3. The van der Waals surface area contributed by atoms with Gasteiger partial charge < -0.3 is 54.8 Å². The highest BCUT2D eigenvalue weighted by Crippen LogP contribution is 2.55. The van der Waals surface area contributed by atoms with E-state index in [2.05, 4.69) is 108 Å². The standard InChI is InChI=1S/C25H24F3N7S.2C24H25ClN8S/c26-25(27,28)20-17(6-3-9-31-20)36-18-21(30)33-23(35-13-10-32-22(18)35)34-11-7-24(8-12-34)14-15-4-1-2-5-16(15)19(24)29;1-14-19(34-17-4-8-29-21(27)18(17)25)22-30-9-12-33(22)23(31-14)32-10-5-24(6-11-32)13-16-15(20(24)26)3-2-7-28-16;25-17-16(5-8-29-20(17)27)34-18-21(28)31-23(33-12-9-30-22(18)33)32-10-6-24(7-11-32)13-14-3-1-2-4-15(14)19(24)26/h1-6,9-10,13,19H,7-8,11-12,14,29-30H2;2-4,7-9,12,20H,5-6,10-11,13,26H2,1H3,(H2,27,29);1-5,8-9,12,19H,6-7,10-11,13,26,28H2,(H2,27,29)/t19-;20-;19-/m111/s1. The summed E-state index contributed by atoms with van der Waals surface area (Å²) in [5.74, 6) is 3.49. The van der Waals surface area contributed by atoms with E-state index in [9.17, 15) is 13.2 Å². The number of imidazole rings is 3. The predicted octanol–water partition coefficient (Wildman–Crippen LogP) is 12.7. The van der Waals surface area contributed by atoms with E-state index in [-0.39, 0.29) is 50.9 Å². The zero-order valence-electron chi connectivity index (χ0n) is 56.5. The Bertz CT molecular complexity index is 5050. The molecular formula is C73H74Cl2F3N23S3. The summed E-state index contributed by atoms with van der Waals surface area (Å²) in [6.07, 6.45) is 21.3. The van der Waals surface area contributed by atoms with Crippen LogP contribution in [-0.4, -0.2) is 102 Å². The van der Waals surface area contributed by atoms with Gasteiger partial charge in [0.1, 0.15) is 23.3 Å². The Morgan fingerprint density at radius 3 is 1.28 bits per heavy atom. The average molecular weight is 1500 g/mol. The number of fused-ring (bicyclic) bond motifs is 6. The van der Waals surface area contributed by atoms with Gasteiger partial charge >= 0.3 is 6.18 Å². The zero-order valence-corrected chi connectivity index (χ0v) is 60.5. The first-order chi connectivity index (χ1) is 50.2. The topological polar surface area (TPSA) is 334 Å². The number of hydrogen-bond donors (Lipinski definition) is 7. The number of nitrogens with two attached hydrogens (primary N) is 7. The third-order valence-electron chi connectivity index (χ3n) is 21.9. The molecule has 534 valence electrons. The molecule has 31 heteroatoms. The molecule has 13 heterocycles. The number of rotatable bonds is 9. The van der Waals surface area contributed by atoms with Crippen LogP contribution in [0.4, 0.5) is 54.3 Å². The number of alkyl halides is 3. The van der Waals surface area contributed by atoms with Crippen molar-refractivity contribution in [1.29, 1.82) is 0 Å². The van der Waals surface area contributed by atoms with Gasteiger partial charge in [-0.1, -0.05) is 113 Å². The second-order valence-electron chi connectivity index (χ2n) is 27.6. The summed E-state index contributed by atoms with van der Waals surface area (Å²) in [6.45, 7) is 7.01. The Balaban J connectivity index is 0.000000120. The number of halogens is 5. The van der Waals surface area contributed by atoms with Crippen LogP contribution in [0.1, 0.15) is 102 Å². The van der Waals surface area contributed by atoms with Crippen LogP contribution >= 0.6 is 58.5 Å². The van der Waals surface area contributed by atoms with Crippen LogP contribution in [0.15, 0.2) is 176 Å². The van der Waals surface area contributed by atoms with Crippen molar-refractivity contribution in [3.05, 3.63) is 202 Å². The SMILES string of the molecule is Cc1nc(N2CCC3(CC2)Cc2ncccc2[C@H]3N)n2ccnc2c1Sc1ccnc(N)c1Cl.Nc1nc(N2CCC3(CC2)Cc2ccccc2[C@H]3N)n2ccnc2c1Sc1cccnc1C(F)(F)F.Nc1nccc(Sc2c(N)nc(N3CCC4(CC3)Cc3ccccc3[C@H]4N)n3ccnc23)c1Cl. The van der Waals surface area contributed by atoms with Gasteiger partial charge in [0.15, 0.2) is 22.6 Å². The van der Waals surface area contributed by atoms with Crippen molar-refractivity contribution >= 4 is 117 Å². The molecule has 0 amide bonds. The monoisotopic (exact) mass is 1500 g/mol. The van der Waals surface area contributed by atoms with E-state index >= 15 is 0 Å². The molecule has 10 aromatic heterocycles. The van der Waals surface area contributed by atoms with Crippen LogP contribution in [0, 0.1) is 23.2 Å². The van der Waals surface area contributed by atoms with Gasteiger partial charge in [0.2, 0.25) is 17.8 Å². The number of hydrogen-bond acceptors (Lipinski definition) is 23. The van der Waals surface area contributed by atoms with Crippen LogP contribution < -0.4 is 54.8 Å². The highest BCUT2D eigenvalue weighted by molar-refractivity contribution is 8.00. The van der Waals surface area contributed by atoms with E-state index in [1.54, 1.807) is 35.4 Å². The summed E-state index contributed by atoms with van der Waals surface area (Å²) in [6, 6.07) is 27.7. The fourth-order valence-corrected chi connectivity index (χ4v) is 19.6. The lowest BCUT2D eigenvalue weighted by Gasteiger charge is -2.42. The Hall–Kier alpha value is -9.20. The maximum atomic E-state index is 13.5. The van der Waals surface area contributed by atoms with Gasteiger partial charge in [-0.05, 0) is 139 Å². The van der Waals surface area contributed by atoms with Gasteiger partial charge in [0.05, 0.1) is 30.4 Å². The van der Waals surface area contributed by atoms with Crippen molar-refractivity contribution in [2.75, 3.05) is 76.9 Å². The van der Waals surface area contributed by atoms with Crippen molar-refractivity contribution in [3.8, 4) is 0 Å². The first-order valence-corrected chi connectivity index (χ1v) is 37.5. The van der Waals surface area contributed by atoms with Gasteiger partial charge in [-0.3, -0.25) is 23.2 Å². The lowest BCUT2D eigenvalue weighted by molar-refractivity contribution is -0.143. The fourth-order valence-electron chi connectivity index (χ4n) is 16.2. The molecule has 18 rings (SSSR count). The maximum Gasteiger partial charge on any atom is 0.434 e. The molecule has 0 unspecified atom stereocenters. The fraction of sp³-hybridized carbons (Fsp3) is 0.315. The highest BCUT2D eigenvalue weighted by Gasteiger charge is 2.50. The summed E-state index contributed by atoms with van der Waals surface area (Å²) < 4.78 is 46.3. The van der Waals surface area contributed by atoms with Gasteiger partial charge in [0, 0.05) is 140 Å². The number of anilines is 7. The summed E-state index contributed by atoms with van der Waals surface area (Å²) in [7, 11) is 0. The minimum atomic E-state index is -4.58. The van der Waals surface area contributed by atoms with E-state index in [0.29, 0.717) is 38.2 Å². The molecule has 3 saturated heterocycles. The molecule has 3 aliphatic carbocycles. The summed E-state index contributed by atoms with van der Waals surface area (Å²) in [5, 5.41) is 0.848. The lowest BCUT2D eigenvalue weighted by Crippen LogP contribution is -2.45. The van der Waals surface area contributed by atoms with Crippen molar-refractivity contribution in [3.63, 3.8) is 0 Å². The summed E-state index contributed by atoms with van der Waals surface area (Å²) in [5.41, 5.74) is 54.6. The normalized spacial score (nSPS) is 19.2. The van der Waals surface area contributed by atoms with Gasteiger partial charge in [0.25, 0.3) is 0 Å². The molecule has 3 aliphatic heterocycles. The van der Waals surface area contributed by atoms with Gasteiger partial charge in [-0.25, -0.2) is 29.9 Å². The van der Waals surface area contributed by atoms with Crippen molar-refractivity contribution in [2.24, 2.45) is 33.4 Å². The second-order valence-corrected chi connectivity index (χ2v) is 31.5. The lowest BCUT2D eigenvalue weighted by atomic mass is 9.73. The number of nitrogens with zero attached hydrogens (tertiary/aromatic N) is 16. The minimum Gasteiger partial charge on any atom is -0.383 e. The number of nitrogen functional groups attached to an aromatic ring is 4. The van der Waals surface area contributed by atoms with Crippen molar-refractivity contribution in [1.82, 2.24) is 63.0 Å². The highest BCUT2D eigenvalue weighted by atomic mass is 35.5. The van der Waals surface area contributed by atoms with Gasteiger partial charge in [-0.2, -0.15) is 23.1 Å². The molecule has 0 radical (unpaired) electrons. The molecular weight excluding hydrogens is 1420 g/mol. The predicted molar refractivity (Wildman–Crippen MR) is 402 cm³/mol. The zero-order chi connectivity index (χ0) is 72.0.